The largest absolute Gasteiger partial charge is 0.391 e. The van der Waals surface area contributed by atoms with E-state index in [1.165, 1.54) is 25.7 Å². The van der Waals surface area contributed by atoms with Crippen LogP contribution in [0.25, 0.3) is 0 Å². The fourth-order valence-electron chi connectivity index (χ4n) is 2.18. The Hall–Kier alpha value is -0.0800. The molecule has 2 nitrogen and oxygen atoms in total. The topological polar surface area (TPSA) is 23.5 Å². The van der Waals surface area contributed by atoms with Crippen LogP contribution in [-0.4, -0.2) is 35.2 Å². The van der Waals surface area contributed by atoms with Gasteiger partial charge < -0.3 is 5.11 Å². The van der Waals surface area contributed by atoms with Gasteiger partial charge in [-0.2, -0.15) is 0 Å². The molecule has 13 heavy (non-hydrogen) atoms. The predicted octanol–water partition coefficient (Wildman–Crippen LogP) is 2.02. The van der Waals surface area contributed by atoms with E-state index >= 15 is 0 Å². The number of hydrogen-bond acceptors (Lipinski definition) is 2. The van der Waals surface area contributed by atoms with Crippen molar-refractivity contribution in [3.63, 3.8) is 0 Å². The van der Waals surface area contributed by atoms with Crippen LogP contribution in [-0.2, 0) is 0 Å². The van der Waals surface area contributed by atoms with E-state index in [0.29, 0.717) is 12.1 Å². The van der Waals surface area contributed by atoms with Crippen molar-refractivity contribution in [3.05, 3.63) is 0 Å². The highest BCUT2D eigenvalue weighted by Crippen LogP contribution is 2.24. The maximum atomic E-state index is 9.84. The Morgan fingerprint density at radius 3 is 2.54 bits per heavy atom. The predicted molar refractivity (Wildman–Crippen MR) is 55.8 cm³/mol. The third kappa shape index (κ3) is 2.68. The Balaban J connectivity index is 2.47. The minimum Gasteiger partial charge on any atom is -0.391 e. The molecule has 1 saturated carbocycles. The first-order valence-electron chi connectivity index (χ1n) is 5.56. The Labute approximate surface area is 81.9 Å². The zero-order chi connectivity index (χ0) is 9.84. The first-order valence-corrected chi connectivity index (χ1v) is 5.56. The second-order valence-electron chi connectivity index (χ2n) is 4.34. The lowest BCUT2D eigenvalue weighted by molar-refractivity contribution is 0.0153. The summed E-state index contributed by atoms with van der Waals surface area (Å²) in [6, 6.07) is 1.00. The Morgan fingerprint density at radius 1 is 1.38 bits per heavy atom. The molecule has 0 aromatic heterocycles. The summed E-state index contributed by atoms with van der Waals surface area (Å²) in [5, 5.41) is 9.84. The molecular formula is C11H23NO. The summed E-state index contributed by atoms with van der Waals surface area (Å²) in [6.45, 7) is 4.44. The molecule has 0 aliphatic heterocycles. The second-order valence-corrected chi connectivity index (χ2v) is 4.34. The lowest BCUT2D eigenvalue weighted by atomic mass is 9.91. The molecule has 2 heteroatoms. The van der Waals surface area contributed by atoms with Gasteiger partial charge in [0.1, 0.15) is 0 Å². The maximum Gasteiger partial charge on any atom is 0.0695 e. The van der Waals surface area contributed by atoms with Gasteiger partial charge in [-0.3, -0.25) is 4.90 Å². The molecule has 0 heterocycles. The van der Waals surface area contributed by atoms with Crippen LogP contribution in [0.5, 0.6) is 0 Å². The molecule has 0 bridgehead atoms. The molecule has 0 spiro atoms. The van der Waals surface area contributed by atoms with Gasteiger partial charge in [-0.25, -0.2) is 0 Å². The molecule has 1 N–H and O–H groups in total. The van der Waals surface area contributed by atoms with Gasteiger partial charge in [0.05, 0.1) is 6.10 Å². The van der Waals surface area contributed by atoms with Crippen LogP contribution >= 0.6 is 0 Å². The molecule has 1 aliphatic carbocycles. The fraction of sp³-hybridized carbons (Fsp3) is 1.00. The number of likely N-dealkylation sites (N-methyl/N-ethyl adjacent to an activating group) is 1. The van der Waals surface area contributed by atoms with Crippen LogP contribution in [0, 0.1) is 0 Å². The number of rotatable bonds is 3. The molecular weight excluding hydrogens is 162 g/mol. The molecule has 78 valence electrons. The van der Waals surface area contributed by atoms with Gasteiger partial charge in [0.15, 0.2) is 0 Å². The van der Waals surface area contributed by atoms with E-state index in [1.807, 2.05) is 0 Å². The summed E-state index contributed by atoms with van der Waals surface area (Å²) in [5.74, 6) is 0. The molecule has 0 aromatic rings. The molecule has 0 saturated heterocycles. The lowest BCUT2D eigenvalue weighted by Gasteiger charge is -2.38. The molecule has 3 unspecified atom stereocenters. The van der Waals surface area contributed by atoms with E-state index in [9.17, 15) is 5.11 Å². The van der Waals surface area contributed by atoms with Crippen molar-refractivity contribution < 1.29 is 5.11 Å². The van der Waals surface area contributed by atoms with Gasteiger partial charge in [-0.1, -0.05) is 19.8 Å². The number of nitrogens with zero attached hydrogens (tertiary/aromatic N) is 1. The third-order valence-electron chi connectivity index (χ3n) is 3.50. The van der Waals surface area contributed by atoms with Crippen molar-refractivity contribution in [1.29, 1.82) is 0 Å². The minimum atomic E-state index is -0.0900. The monoisotopic (exact) mass is 185 g/mol. The van der Waals surface area contributed by atoms with E-state index in [1.54, 1.807) is 0 Å². The minimum absolute atomic E-state index is 0.0900. The summed E-state index contributed by atoms with van der Waals surface area (Å²) in [7, 11) is 2.15. The smallest absolute Gasteiger partial charge is 0.0695 e. The number of aliphatic hydroxyl groups excluding tert-OH is 1. The summed E-state index contributed by atoms with van der Waals surface area (Å²) in [4.78, 5) is 2.35. The Kier molecular flexibility index (Phi) is 4.20. The van der Waals surface area contributed by atoms with Crippen molar-refractivity contribution in [2.24, 2.45) is 0 Å². The molecule has 3 atom stereocenters. The summed E-state index contributed by atoms with van der Waals surface area (Å²) < 4.78 is 0. The SMILES string of the molecule is CCC(C)N(C)C1CCCCC1O. The van der Waals surface area contributed by atoms with Crippen LogP contribution in [0.2, 0.25) is 0 Å². The summed E-state index contributed by atoms with van der Waals surface area (Å²) in [6.07, 6.45) is 5.72. The molecule has 0 aromatic carbocycles. The van der Waals surface area contributed by atoms with E-state index in [0.717, 1.165) is 6.42 Å². The van der Waals surface area contributed by atoms with Gasteiger partial charge in [0, 0.05) is 12.1 Å². The van der Waals surface area contributed by atoms with E-state index in [2.05, 4.69) is 25.8 Å². The third-order valence-corrected chi connectivity index (χ3v) is 3.50. The highest BCUT2D eigenvalue weighted by molar-refractivity contribution is 4.83. The zero-order valence-corrected chi connectivity index (χ0v) is 9.16. The van der Waals surface area contributed by atoms with Crippen molar-refractivity contribution in [2.75, 3.05) is 7.05 Å². The normalized spacial score (nSPS) is 32.1. The highest BCUT2D eigenvalue weighted by Gasteiger charge is 2.28. The second kappa shape index (κ2) is 4.97. The van der Waals surface area contributed by atoms with Gasteiger partial charge in [-0.15, -0.1) is 0 Å². The van der Waals surface area contributed by atoms with Crippen molar-refractivity contribution in [3.8, 4) is 0 Å². The van der Waals surface area contributed by atoms with E-state index in [-0.39, 0.29) is 6.10 Å². The van der Waals surface area contributed by atoms with Crippen LogP contribution in [0.4, 0.5) is 0 Å². The number of hydrogen-bond donors (Lipinski definition) is 1. The van der Waals surface area contributed by atoms with Crippen molar-refractivity contribution in [1.82, 2.24) is 4.90 Å². The molecule has 1 rings (SSSR count). The Morgan fingerprint density at radius 2 is 2.00 bits per heavy atom. The first-order chi connectivity index (χ1) is 6.16. The summed E-state index contributed by atoms with van der Waals surface area (Å²) in [5.41, 5.74) is 0. The average molecular weight is 185 g/mol. The highest BCUT2D eigenvalue weighted by atomic mass is 16.3. The molecule has 1 fully saturated rings. The van der Waals surface area contributed by atoms with Crippen LogP contribution < -0.4 is 0 Å². The number of aliphatic hydroxyl groups is 1. The van der Waals surface area contributed by atoms with Gasteiger partial charge in [-0.05, 0) is 33.2 Å². The van der Waals surface area contributed by atoms with Crippen LogP contribution in [0.1, 0.15) is 46.0 Å². The van der Waals surface area contributed by atoms with E-state index in [4.69, 9.17) is 0 Å². The first kappa shape index (κ1) is 11.0. The Bertz CT molecular complexity index is 149. The average Bonchev–Trinajstić information content (AvgIpc) is 2.16. The van der Waals surface area contributed by atoms with Crippen molar-refractivity contribution >= 4 is 0 Å². The lowest BCUT2D eigenvalue weighted by Crippen LogP contribution is -2.47. The maximum absolute atomic E-state index is 9.84. The molecule has 0 radical (unpaired) electrons. The molecule has 1 aliphatic rings. The van der Waals surface area contributed by atoms with Crippen molar-refractivity contribution in [2.45, 2.75) is 64.1 Å². The standard InChI is InChI=1S/C11H23NO/c1-4-9(2)12(3)10-7-5-6-8-11(10)13/h9-11,13H,4-8H2,1-3H3. The van der Waals surface area contributed by atoms with Gasteiger partial charge in [0.2, 0.25) is 0 Å². The van der Waals surface area contributed by atoms with Gasteiger partial charge >= 0.3 is 0 Å². The van der Waals surface area contributed by atoms with Crippen LogP contribution in [0.15, 0.2) is 0 Å². The quantitative estimate of drug-likeness (QED) is 0.727. The van der Waals surface area contributed by atoms with Crippen LogP contribution in [0.3, 0.4) is 0 Å². The zero-order valence-electron chi connectivity index (χ0n) is 9.16. The van der Waals surface area contributed by atoms with Gasteiger partial charge in [0.25, 0.3) is 0 Å². The van der Waals surface area contributed by atoms with E-state index < -0.39 is 0 Å². The molecule has 0 amide bonds. The fourth-order valence-corrected chi connectivity index (χ4v) is 2.18. The summed E-state index contributed by atoms with van der Waals surface area (Å²) >= 11 is 0.